The van der Waals surface area contributed by atoms with E-state index in [4.69, 9.17) is 4.74 Å². The predicted octanol–water partition coefficient (Wildman–Crippen LogP) is 2.46. The van der Waals surface area contributed by atoms with Gasteiger partial charge >= 0.3 is 0 Å². The number of aryl methyl sites for hydroxylation is 1. The van der Waals surface area contributed by atoms with Crippen LogP contribution in [0.2, 0.25) is 0 Å². The van der Waals surface area contributed by atoms with Gasteiger partial charge in [-0.05, 0) is 38.3 Å². The molecule has 0 aliphatic carbocycles. The predicted molar refractivity (Wildman–Crippen MR) is 83.7 cm³/mol. The molecule has 5 nitrogen and oxygen atoms in total. The molecule has 1 aliphatic rings. The summed E-state index contributed by atoms with van der Waals surface area (Å²) in [7, 11) is 1.71. The number of ether oxygens (including phenoxy) is 1. The lowest BCUT2D eigenvalue weighted by Gasteiger charge is -2.32. The lowest BCUT2D eigenvalue weighted by molar-refractivity contribution is 0.0269. The van der Waals surface area contributed by atoms with E-state index in [0.29, 0.717) is 12.1 Å². The third-order valence-electron chi connectivity index (χ3n) is 3.76. The van der Waals surface area contributed by atoms with Crippen molar-refractivity contribution in [1.29, 1.82) is 0 Å². The van der Waals surface area contributed by atoms with Gasteiger partial charge in [-0.2, -0.15) is 0 Å². The summed E-state index contributed by atoms with van der Waals surface area (Å²) >= 11 is 0. The zero-order chi connectivity index (χ0) is 15.2. The highest BCUT2D eigenvalue weighted by Crippen LogP contribution is 2.18. The van der Waals surface area contributed by atoms with Gasteiger partial charge in [-0.25, -0.2) is 4.98 Å². The van der Waals surface area contributed by atoms with Gasteiger partial charge in [-0.3, -0.25) is 4.79 Å². The minimum absolute atomic E-state index is 0.0711. The van der Waals surface area contributed by atoms with E-state index >= 15 is 0 Å². The van der Waals surface area contributed by atoms with E-state index in [0.717, 1.165) is 43.9 Å². The maximum Gasteiger partial charge on any atom is 0.254 e. The Morgan fingerprint density at radius 3 is 3.05 bits per heavy atom. The first-order valence-electron chi connectivity index (χ1n) is 7.68. The minimum Gasteiger partial charge on any atom is -0.380 e. The third kappa shape index (κ3) is 4.17. The van der Waals surface area contributed by atoms with Gasteiger partial charge in [0.1, 0.15) is 5.82 Å². The Bertz CT molecular complexity index is 490. The number of nitrogens with one attached hydrogen (secondary N) is 1. The van der Waals surface area contributed by atoms with Crippen LogP contribution in [0.4, 0.5) is 5.82 Å². The second-order valence-corrected chi connectivity index (χ2v) is 5.56. The Balaban J connectivity index is 2.12. The zero-order valence-corrected chi connectivity index (χ0v) is 13.2. The molecule has 1 N–H and O–H groups in total. The van der Waals surface area contributed by atoms with E-state index < -0.39 is 0 Å². The summed E-state index contributed by atoms with van der Waals surface area (Å²) in [5.74, 6) is 0.849. The molecule has 1 saturated heterocycles. The molecule has 0 bridgehead atoms. The molecule has 1 atom stereocenters. The maximum atomic E-state index is 12.7. The number of rotatable bonds is 5. The first-order chi connectivity index (χ1) is 10.1. The van der Waals surface area contributed by atoms with Crippen LogP contribution >= 0.6 is 0 Å². The summed E-state index contributed by atoms with van der Waals surface area (Å²) in [5.41, 5.74) is 1.57. The van der Waals surface area contributed by atoms with Crippen LogP contribution in [0.3, 0.4) is 0 Å². The number of pyridine rings is 1. The Hall–Kier alpha value is -1.62. The molecule has 0 radical (unpaired) electrons. The third-order valence-corrected chi connectivity index (χ3v) is 3.76. The first-order valence-corrected chi connectivity index (χ1v) is 7.68. The van der Waals surface area contributed by atoms with Crippen molar-refractivity contribution in [3.63, 3.8) is 0 Å². The molecular formula is C16H25N3O2. The number of hydrogen-bond donors (Lipinski definition) is 1. The summed E-state index contributed by atoms with van der Waals surface area (Å²) in [5, 5.41) is 3.25. The molecule has 2 rings (SSSR count). The summed E-state index contributed by atoms with van der Waals surface area (Å²) in [6.07, 6.45) is 3.21. The standard InChI is InChI=1S/C16H25N3O2/c1-4-7-17-15-10-13(9-12(2)18-15)16(20)19-8-5-6-14(11-19)21-3/h9-10,14H,4-8,11H2,1-3H3,(H,17,18). The minimum atomic E-state index is 0.0711. The van der Waals surface area contributed by atoms with Gasteiger partial charge in [0.05, 0.1) is 6.10 Å². The molecule has 1 aromatic heterocycles. The van der Waals surface area contributed by atoms with Gasteiger partial charge in [-0.1, -0.05) is 6.92 Å². The molecule has 0 saturated carbocycles. The van der Waals surface area contributed by atoms with Crippen LogP contribution in [-0.4, -0.2) is 48.6 Å². The van der Waals surface area contributed by atoms with Crippen LogP contribution in [0, 0.1) is 6.92 Å². The highest BCUT2D eigenvalue weighted by atomic mass is 16.5. The molecule has 0 spiro atoms. The Kier molecular flexibility index (Phi) is 5.56. The van der Waals surface area contributed by atoms with Crippen molar-refractivity contribution in [1.82, 2.24) is 9.88 Å². The molecule has 2 heterocycles. The molecule has 1 aliphatic heterocycles. The largest absolute Gasteiger partial charge is 0.380 e. The number of methoxy groups -OCH3 is 1. The van der Waals surface area contributed by atoms with Crippen molar-refractivity contribution in [2.75, 3.05) is 32.1 Å². The summed E-state index contributed by atoms with van der Waals surface area (Å²) in [4.78, 5) is 19.0. The lowest BCUT2D eigenvalue weighted by Crippen LogP contribution is -2.42. The number of hydrogen-bond acceptors (Lipinski definition) is 4. The van der Waals surface area contributed by atoms with Crippen LogP contribution in [0.1, 0.15) is 42.2 Å². The molecule has 1 aromatic rings. The van der Waals surface area contributed by atoms with Crippen LogP contribution in [-0.2, 0) is 4.74 Å². The Morgan fingerprint density at radius 1 is 1.52 bits per heavy atom. The number of anilines is 1. The van der Waals surface area contributed by atoms with Crippen LogP contribution in [0.25, 0.3) is 0 Å². The SMILES string of the molecule is CCCNc1cc(C(=O)N2CCCC(OC)C2)cc(C)n1. The lowest BCUT2D eigenvalue weighted by atomic mass is 10.1. The fraction of sp³-hybridized carbons (Fsp3) is 0.625. The highest BCUT2D eigenvalue weighted by Gasteiger charge is 2.24. The van der Waals surface area contributed by atoms with Gasteiger partial charge in [-0.15, -0.1) is 0 Å². The molecule has 21 heavy (non-hydrogen) atoms. The van der Waals surface area contributed by atoms with E-state index in [-0.39, 0.29) is 12.0 Å². The summed E-state index contributed by atoms with van der Waals surface area (Å²) < 4.78 is 5.39. The van der Waals surface area contributed by atoms with Crippen LogP contribution in [0.15, 0.2) is 12.1 Å². The fourth-order valence-electron chi connectivity index (χ4n) is 2.63. The number of carbonyl (C=O) groups is 1. The second-order valence-electron chi connectivity index (χ2n) is 5.56. The molecule has 116 valence electrons. The van der Waals surface area contributed by atoms with E-state index in [1.165, 1.54) is 0 Å². The number of likely N-dealkylation sites (tertiary alicyclic amines) is 1. The number of piperidine rings is 1. The quantitative estimate of drug-likeness (QED) is 0.905. The van der Waals surface area contributed by atoms with Crippen molar-refractivity contribution in [3.8, 4) is 0 Å². The van der Waals surface area contributed by atoms with Crippen LogP contribution < -0.4 is 5.32 Å². The van der Waals surface area contributed by atoms with Gasteiger partial charge in [0, 0.05) is 38.0 Å². The highest BCUT2D eigenvalue weighted by molar-refractivity contribution is 5.95. The van der Waals surface area contributed by atoms with Gasteiger partial charge in [0.25, 0.3) is 5.91 Å². The maximum absolute atomic E-state index is 12.7. The normalized spacial score (nSPS) is 18.6. The average Bonchev–Trinajstić information content (AvgIpc) is 2.51. The number of carbonyl (C=O) groups excluding carboxylic acids is 1. The van der Waals surface area contributed by atoms with Crippen molar-refractivity contribution >= 4 is 11.7 Å². The summed E-state index contributed by atoms with van der Waals surface area (Å²) in [6.45, 7) is 6.36. The number of aromatic nitrogens is 1. The fourth-order valence-corrected chi connectivity index (χ4v) is 2.63. The molecule has 1 amide bonds. The average molecular weight is 291 g/mol. The summed E-state index contributed by atoms with van der Waals surface area (Å²) in [6, 6.07) is 3.71. The van der Waals surface area contributed by atoms with Crippen molar-refractivity contribution in [3.05, 3.63) is 23.4 Å². The molecule has 1 unspecified atom stereocenters. The van der Waals surface area contributed by atoms with E-state index in [9.17, 15) is 4.79 Å². The molecule has 0 aromatic carbocycles. The molecule has 1 fully saturated rings. The van der Waals surface area contributed by atoms with Gasteiger partial charge in [0.2, 0.25) is 0 Å². The zero-order valence-electron chi connectivity index (χ0n) is 13.2. The van der Waals surface area contributed by atoms with Crippen molar-refractivity contribution in [2.45, 2.75) is 39.2 Å². The molecular weight excluding hydrogens is 266 g/mol. The van der Waals surface area contributed by atoms with Crippen LogP contribution in [0.5, 0.6) is 0 Å². The van der Waals surface area contributed by atoms with Crippen molar-refractivity contribution in [2.24, 2.45) is 0 Å². The molecule has 5 heteroatoms. The Morgan fingerprint density at radius 2 is 2.33 bits per heavy atom. The van der Waals surface area contributed by atoms with E-state index in [1.807, 2.05) is 24.0 Å². The smallest absolute Gasteiger partial charge is 0.254 e. The second kappa shape index (κ2) is 7.41. The van der Waals surface area contributed by atoms with Crippen molar-refractivity contribution < 1.29 is 9.53 Å². The van der Waals surface area contributed by atoms with E-state index in [1.54, 1.807) is 7.11 Å². The van der Waals surface area contributed by atoms with Gasteiger partial charge in [0.15, 0.2) is 0 Å². The Labute approximate surface area is 126 Å². The topological polar surface area (TPSA) is 54.5 Å². The van der Waals surface area contributed by atoms with Gasteiger partial charge < -0.3 is 15.0 Å². The number of nitrogens with zero attached hydrogens (tertiary/aromatic N) is 2. The monoisotopic (exact) mass is 291 g/mol. The first kappa shape index (κ1) is 15.8. The number of amides is 1. The van der Waals surface area contributed by atoms with E-state index in [2.05, 4.69) is 17.2 Å².